The van der Waals surface area contributed by atoms with Crippen molar-refractivity contribution in [2.24, 2.45) is 0 Å². The highest BCUT2D eigenvalue weighted by Crippen LogP contribution is 2.20. The summed E-state index contributed by atoms with van der Waals surface area (Å²) in [6.45, 7) is 1.91. The fourth-order valence-corrected chi connectivity index (χ4v) is 1.99. The van der Waals surface area contributed by atoms with E-state index in [4.69, 9.17) is 0 Å². The van der Waals surface area contributed by atoms with Gasteiger partial charge in [0.05, 0.1) is 16.6 Å². The highest BCUT2D eigenvalue weighted by atomic mass is 15.1. The summed E-state index contributed by atoms with van der Waals surface area (Å²) in [4.78, 5) is 8.62. The van der Waals surface area contributed by atoms with Gasteiger partial charge in [0, 0.05) is 6.20 Å². The topological polar surface area (TPSA) is 54.5 Å². The van der Waals surface area contributed by atoms with Crippen LogP contribution in [0.2, 0.25) is 0 Å². The Bertz CT molecular complexity index is 765. The van der Waals surface area contributed by atoms with E-state index in [1.54, 1.807) is 12.5 Å². The first-order valence-electron chi connectivity index (χ1n) is 5.59. The van der Waals surface area contributed by atoms with Crippen molar-refractivity contribution >= 4 is 11.0 Å². The van der Waals surface area contributed by atoms with Crippen molar-refractivity contribution in [2.45, 2.75) is 6.92 Å². The second kappa shape index (κ2) is 3.97. The van der Waals surface area contributed by atoms with Crippen molar-refractivity contribution in [3.8, 4) is 11.9 Å². The zero-order chi connectivity index (χ0) is 12.5. The van der Waals surface area contributed by atoms with Crippen molar-refractivity contribution in [3.63, 3.8) is 0 Å². The molecule has 0 fully saturated rings. The van der Waals surface area contributed by atoms with Gasteiger partial charge in [-0.2, -0.15) is 5.26 Å². The van der Waals surface area contributed by atoms with Crippen LogP contribution in [0.1, 0.15) is 11.1 Å². The summed E-state index contributed by atoms with van der Waals surface area (Å²) in [5, 5.41) is 9.25. The summed E-state index contributed by atoms with van der Waals surface area (Å²) in [7, 11) is 0. The Morgan fingerprint density at radius 2 is 2.00 bits per heavy atom. The maximum atomic E-state index is 9.25. The van der Waals surface area contributed by atoms with Crippen molar-refractivity contribution in [2.75, 3.05) is 0 Å². The van der Waals surface area contributed by atoms with E-state index >= 15 is 0 Å². The minimum Gasteiger partial charge on any atom is -0.282 e. The van der Waals surface area contributed by atoms with Crippen LogP contribution in [-0.2, 0) is 0 Å². The van der Waals surface area contributed by atoms with Crippen molar-refractivity contribution in [1.29, 1.82) is 5.26 Å². The summed E-state index contributed by atoms with van der Waals surface area (Å²) >= 11 is 0. The van der Waals surface area contributed by atoms with Gasteiger partial charge in [0.15, 0.2) is 5.82 Å². The van der Waals surface area contributed by atoms with Crippen LogP contribution in [0.25, 0.3) is 16.9 Å². The zero-order valence-electron chi connectivity index (χ0n) is 9.83. The van der Waals surface area contributed by atoms with Crippen LogP contribution in [0.5, 0.6) is 0 Å². The Labute approximate surface area is 104 Å². The molecular formula is C14H10N4. The number of rotatable bonds is 1. The van der Waals surface area contributed by atoms with Crippen molar-refractivity contribution in [3.05, 3.63) is 54.0 Å². The van der Waals surface area contributed by atoms with Crippen LogP contribution in [-0.4, -0.2) is 14.5 Å². The molecule has 2 heterocycles. The third kappa shape index (κ3) is 1.45. The average Bonchev–Trinajstić information content (AvgIpc) is 2.82. The first-order valence-corrected chi connectivity index (χ1v) is 5.59. The van der Waals surface area contributed by atoms with E-state index < -0.39 is 0 Å². The molecular weight excluding hydrogens is 224 g/mol. The average molecular weight is 234 g/mol. The fourth-order valence-electron chi connectivity index (χ4n) is 1.99. The molecule has 4 nitrogen and oxygen atoms in total. The molecule has 3 aromatic rings. The van der Waals surface area contributed by atoms with Gasteiger partial charge in [-0.1, -0.05) is 12.1 Å². The van der Waals surface area contributed by atoms with Gasteiger partial charge in [0.25, 0.3) is 0 Å². The van der Waals surface area contributed by atoms with Gasteiger partial charge in [0.1, 0.15) is 12.4 Å². The Morgan fingerprint density at radius 3 is 2.83 bits per heavy atom. The van der Waals surface area contributed by atoms with Gasteiger partial charge in [0.2, 0.25) is 0 Å². The molecule has 0 amide bonds. The third-order valence-electron chi connectivity index (χ3n) is 2.93. The zero-order valence-corrected chi connectivity index (χ0v) is 9.83. The summed E-state index contributed by atoms with van der Waals surface area (Å²) in [5.74, 6) is 0.631. The first-order chi connectivity index (χ1) is 8.81. The second-order valence-electron chi connectivity index (χ2n) is 4.04. The summed E-state index contributed by atoms with van der Waals surface area (Å²) < 4.78 is 1.85. The van der Waals surface area contributed by atoms with E-state index in [0.717, 1.165) is 16.6 Å². The lowest BCUT2D eigenvalue weighted by Crippen LogP contribution is -2.01. The number of aromatic nitrogens is 3. The Hall–Kier alpha value is -2.67. The number of hydrogen-bond acceptors (Lipinski definition) is 3. The van der Waals surface area contributed by atoms with Gasteiger partial charge in [-0.05, 0) is 30.7 Å². The standard InChI is InChI=1S/C14H10N4/c1-10-6-7-16-14(11(10)8-15)18-9-17-12-4-2-3-5-13(12)18/h2-7,9H,1H3. The van der Waals surface area contributed by atoms with Gasteiger partial charge in [-0.25, -0.2) is 9.97 Å². The molecule has 0 saturated heterocycles. The van der Waals surface area contributed by atoms with E-state index in [2.05, 4.69) is 16.0 Å². The molecule has 0 aliphatic carbocycles. The number of imidazole rings is 1. The number of benzene rings is 1. The highest BCUT2D eigenvalue weighted by molar-refractivity contribution is 5.77. The maximum absolute atomic E-state index is 9.25. The predicted molar refractivity (Wildman–Crippen MR) is 68.3 cm³/mol. The summed E-state index contributed by atoms with van der Waals surface area (Å²) in [5.41, 5.74) is 3.35. The molecule has 2 aromatic heterocycles. The first kappa shape index (κ1) is 10.5. The van der Waals surface area contributed by atoms with Crippen LogP contribution < -0.4 is 0 Å². The van der Waals surface area contributed by atoms with Gasteiger partial charge < -0.3 is 0 Å². The fraction of sp³-hybridized carbons (Fsp3) is 0.0714. The number of nitrogens with zero attached hydrogens (tertiary/aromatic N) is 4. The number of pyridine rings is 1. The largest absolute Gasteiger partial charge is 0.282 e. The molecule has 18 heavy (non-hydrogen) atoms. The number of hydrogen-bond donors (Lipinski definition) is 0. The van der Waals surface area contributed by atoms with E-state index in [9.17, 15) is 5.26 Å². The molecule has 0 N–H and O–H groups in total. The smallest absolute Gasteiger partial charge is 0.156 e. The Balaban J connectivity index is 2.34. The van der Waals surface area contributed by atoms with Gasteiger partial charge in [-0.3, -0.25) is 4.57 Å². The van der Waals surface area contributed by atoms with E-state index in [1.807, 2.05) is 41.8 Å². The number of para-hydroxylation sites is 2. The second-order valence-corrected chi connectivity index (χ2v) is 4.04. The molecule has 1 aromatic carbocycles. The van der Waals surface area contributed by atoms with E-state index in [0.29, 0.717) is 11.4 Å². The molecule has 0 spiro atoms. The molecule has 0 unspecified atom stereocenters. The number of aryl methyl sites for hydroxylation is 1. The summed E-state index contributed by atoms with van der Waals surface area (Å²) in [6, 6.07) is 11.8. The Kier molecular flexibility index (Phi) is 2.31. The van der Waals surface area contributed by atoms with E-state index in [1.165, 1.54) is 0 Å². The predicted octanol–water partition coefficient (Wildman–Crippen LogP) is 2.60. The SMILES string of the molecule is Cc1ccnc(-n2cnc3ccccc32)c1C#N. The minimum absolute atomic E-state index is 0.584. The monoisotopic (exact) mass is 234 g/mol. The highest BCUT2D eigenvalue weighted by Gasteiger charge is 2.11. The lowest BCUT2D eigenvalue weighted by atomic mass is 10.1. The summed E-state index contributed by atoms with van der Waals surface area (Å²) in [6.07, 6.45) is 3.41. The molecule has 3 rings (SSSR count). The maximum Gasteiger partial charge on any atom is 0.156 e. The van der Waals surface area contributed by atoms with E-state index in [-0.39, 0.29) is 0 Å². The van der Waals surface area contributed by atoms with Crippen molar-refractivity contribution < 1.29 is 0 Å². The molecule has 0 atom stereocenters. The molecule has 0 aliphatic rings. The van der Waals surface area contributed by atoms with Crippen LogP contribution in [0.3, 0.4) is 0 Å². The minimum atomic E-state index is 0.584. The molecule has 0 radical (unpaired) electrons. The molecule has 4 heteroatoms. The van der Waals surface area contributed by atoms with Crippen LogP contribution >= 0.6 is 0 Å². The third-order valence-corrected chi connectivity index (χ3v) is 2.93. The quantitative estimate of drug-likeness (QED) is 0.650. The van der Waals surface area contributed by atoms with Crippen LogP contribution in [0.15, 0.2) is 42.9 Å². The molecule has 0 saturated carbocycles. The number of fused-ring (bicyclic) bond motifs is 1. The molecule has 86 valence electrons. The Morgan fingerprint density at radius 1 is 1.17 bits per heavy atom. The molecule has 0 aliphatic heterocycles. The lowest BCUT2D eigenvalue weighted by molar-refractivity contribution is 1.01. The number of nitriles is 1. The lowest BCUT2D eigenvalue weighted by Gasteiger charge is -2.06. The van der Waals surface area contributed by atoms with Gasteiger partial charge >= 0.3 is 0 Å². The molecule has 0 bridgehead atoms. The normalized spacial score (nSPS) is 10.4. The van der Waals surface area contributed by atoms with Gasteiger partial charge in [-0.15, -0.1) is 0 Å². The van der Waals surface area contributed by atoms with Crippen LogP contribution in [0, 0.1) is 18.3 Å². The van der Waals surface area contributed by atoms with Crippen LogP contribution in [0.4, 0.5) is 0 Å². The van der Waals surface area contributed by atoms with Crippen molar-refractivity contribution in [1.82, 2.24) is 14.5 Å².